The Hall–Kier alpha value is -1.58. The van der Waals surface area contributed by atoms with E-state index in [1.165, 1.54) is 12.1 Å². The minimum atomic E-state index is -1.16. The van der Waals surface area contributed by atoms with Gasteiger partial charge in [0.1, 0.15) is 11.6 Å². The molecule has 1 aromatic carbocycles. The number of ether oxygens (including phenoxy) is 1. The topological polar surface area (TPSA) is 46.5 Å². The molecule has 3 nitrogen and oxygen atoms in total. The maximum absolute atomic E-state index is 13.1. The van der Waals surface area contributed by atoms with Gasteiger partial charge in [0.15, 0.2) is 0 Å². The molecule has 0 aliphatic rings. The largest absolute Gasteiger partial charge is 0.491 e. The summed E-state index contributed by atoms with van der Waals surface area (Å²) in [6.45, 7) is 3.89. The Morgan fingerprint density at radius 2 is 2.19 bits per heavy atom. The van der Waals surface area contributed by atoms with Crippen LogP contribution < -0.4 is 4.74 Å². The number of hydrogen-bond donors (Lipinski definition) is 1. The standard InChI is InChI=1S/C12H15FO3/c1-3-4-8(2)16-11-6-9(12(14)15)5-10(13)7-11/h5-8H,3-4H2,1-2H3,(H,14,15). The first-order chi connectivity index (χ1) is 7.52. The average molecular weight is 226 g/mol. The number of hydrogen-bond acceptors (Lipinski definition) is 2. The van der Waals surface area contributed by atoms with E-state index in [0.29, 0.717) is 0 Å². The Morgan fingerprint density at radius 1 is 1.50 bits per heavy atom. The van der Waals surface area contributed by atoms with Crippen molar-refractivity contribution in [1.29, 1.82) is 0 Å². The van der Waals surface area contributed by atoms with E-state index >= 15 is 0 Å². The average Bonchev–Trinajstić information content (AvgIpc) is 2.16. The Balaban J connectivity index is 2.84. The summed E-state index contributed by atoms with van der Waals surface area (Å²) in [5, 5.41) is 8.75. The quantitative estimate of drug-likeness (QED) is 0.839. The lowest BCUT2D eigenvalue weighted by Crippen LogP contribution is -2.11. The summed E-state index contributed by atoms with van der Waals surface area (Å²) in [7, 11) is 0. The summed E-state index contributed by atoms with van der Waals surface area (Å²) < 4.78 is 18.5. The molecular weight excluding hydrogens is 211 g/mol. The molecule has 0 aromatic heterocycles. The van der Waals surface area contributed by atoms with E-state index in [1.807, 2.05) is 13.8 Å². The van der Waals surface area contributed by atoms with Gasteiger partial charge in [-0.3, -0.25) is 0 Å². The van der Waals surface area contributed by atoms with E-state index in [-0.39, 0.29) is 17.4 Å². The van der Waals surface area contributed by atoms with Gasteiger partial charge in [-0.25, -0.2) is 9.18 Å². The van der Waals surface area contributed by atoms with Gasteiger partial charge in [0.25, 0.3) is 0 Å². The smallest absolute Gasteiger partial charge is 0.335 e. The Kier molecular flexibility index (Phi) is 4.28. The normalized spacial score (nSPS) is 12.2. The van der Waals surface area contributed by atoms with Crippen molar-refractivity contribution in [2.45, 2.75) is 32.8 Å². The van der Waals surface area contributed by atoms with Gasteiger partial charge < -0.3 is 9.84 Å². The highest BCUT2D eigenvalue weighted by molar-refractivity contribution is 5.88. The first-order valence-electron chi connectivity index (χ1n) is 5.23. The third-order valence-corrected chi connectivity index (χ3v) is 2.15. The van der Waals surface area contributed by atoms with Crippen molar-refractivity contribution in [2.24, 2.45) is 0 Å². The van der Waals surface area contributed by atoms with Gasteiger partial charge >= 0.3 is 5.97 Å². The Morgan fingerprint density at radius 3 is 2.75 bits per heavy atom. The minimum absolute atomic E-state index is 0.0477. The van der Waals surface area contributed by atoms with Gasteiger partial charge in [0.2, 0.25) is 0 Å². The molecule has 0 aliphatic heterocycles. The second-order valence-electron chi connectivity index (χ2n) is 3.70. The molecule has 88 valence electrons. The van der Waals surface area contributed by atoms with Crippen molar-refractivity contribution in [3.8, 4) is 5.75 Å². The molecule has 1 rings (SSSR count). The molecule has 16 heavy (non-hydrogen) atoms. The summed E-state index contributed by atoms with van der Waals surface area (Å²) in [5.41, 5.74) is -0.0984. The van der Waals surface area contributed by atoms with Crippen LogP contribution in [0.15, 0.2) is 18.2 Å². The Bertz CT molecular complexity index is 377. The lowest BCUT2D eigenvalue weighted by Gasteiger charge is -2.14. The molecule has 0 heterocycles. The van der Waals surface area contributed by atoms with Gasteiger partial charge in [-0.15, -0.1) is 0 Å². The predicted molar refractivity (Wildman–Crippen MR) is 58.4 cm³/mol. The lowest BCUT2D eigenvalue weighted by molar-refractivity contribution is 0.0695. The first-order valence-corrected chi connectivity index (χ1v) is 5.23. The summed E-state index contributed by atoms with van der Waals surface area (Å²) in [4.78, 5) is 10.7. The number of carboxylic acid groups (broad SMARTS) is 1. The van der Waals surface area contributed by atoms with Gasteiger partial charge in [-0.1, -0.05) is 13.3 Å². The number of halogens is 1. The maximum Gasteiger partial charge on any atom is 0.335 e. The van der Waals surface area contributed by atoms with Gasteiger partial charge in [0, 0.05) is 6.07 Å². The third-order valence-electron chi connectivity index (χ3n) is 2.15. The van der Waals surface area contributed by atoms with Crippen molar-refractivity contribution >= 4 is 5.97 Å². The van der Waals surface area contributed by atoms with Crippen LogP contribution in [-0.2, 0) is 0 Å². The number of benzene rings is 1. The van der Waals surface area contributed by atoms with E-state index in [4.69, 9.17) is 9.84 Å². The van der Waals surface area contributed by atoms with E-state index < -0.39 is 11.8 Å². The van der Waals surface area contributed by atoms with Crippen LogP contribution >= 0.6 is 0 Å². The second kappa shape index (κ2) is 5.49. The number of rotatable bonds is 5. The zero-order valence-electron chi connectivity index (χ0n) is 9.37. The fraction of sp³-hybridized carbons (Fsp3) is 0.417. The molecule has 1 N–H and O–H groups in total. The minimum Gasteiger partial charge on any atom is -0.491 e. The molecule has 0 spiro atoms. The molecule has 0 radical (unpaired) electrons. The predicted octanol–water partition coefficient (Wildman–Crippen LogP) is 3.09. The molecule has 0 bridgehead atoms. The molecule has 4 heteroatoms. The van der Waals surface area contributed by atoms with E-state index in [0.717, 1.165) is 18.9 Å². The summed E-state index contributed by atoms with van der Waals surface area (Å²) >= 11 is 0. The highest BCUT2D eigenvalue weighted by Gasteiger charge is 2.09. The van der Waals surface area contributed by atoms with Gasteiger partial charge in [-0.05, 0) is 25.5 Å². The van der Waals surface area contributed by atoms with Crippen LogP contribution in [0.3, 0.4) is 0 Å². The third kappa shape index (κ3) is 3.53. The van der Waals surface area contributed by atoms with Crippen molar-refractivity contribution < 1.29 is 19.0 Å². The van der Waals surface area contributed by atoms with E-state index in [9.17, 15) is 9.18 Å². The molecular formula is C12H15FO3. The van der Waals surface area contributed by atoms with E-state index in [1.54, 1.807) is 0 Å². The van der Waals surface area contributed by atoms with Crippen LogP contribution in [0.2, 0.25) is 0 Å². The van der Waals surface area contributed by atoms with Crippen LogP contribution in [0, 0.1) is 5.82 Å². The van der Waals surface area contributed by atoms with Crippen molar-refractivity contribution in [3.05, 3.63) is 29.6 Å². The van der Waals surface area contributed by atoms with Crippen LogP contribution in [0.25, 0.3) is 0 Å². The molecule has 0 saturated heterocycles. The summed E-state index contributed by atoms with van der Waals surface area (Å²) in [6, 6.07) is 3.50. The van der Waals surface area contributed by atoms with Crippen molar-refractivity contribution in [3.63, 3.8) is 0 Å². The fourth-order valence-electron chi connectivity index (χ4n) is 1.45. The molecule has 0 aliphatic carbocycles. The number of carbonyl (C=O) groups is 1. The van der Waals surface area contributed by atoms with Gasteiger partial charge in [-0.2, -0.15) is 0 Å². The summed E-state index contributed by atoms with van der Waals surface area (Å²) in [6.07, 6.45) is 1.76. The summed E-state index contributed by atoms with van der Waals surface area (Å²) in [5.74, 6) is -1.50. The van der Waals surface area contributed by atoms with Crippen LogP contribution in [0.1, 0.15) is 37.0 Å². The van der Waals surface area contributed by atoms with E-state index in [2.05, 4.69) is 0 Å². The van der Waals surface area contributed by atoms with Crippen molar-refractivity contribution in [1.82, 2.24) is 0 Å². The lowest BCUT2D eigenvalue weighted by atomic mass is 10.2. The molecule has 1 atom stereocenters. The SMILES string of the molecule is CCCC(C)Oc1cc(F)cc(C(=O)O)c1. The molecule has 0 fully saturated rings. The first kappa shape index (κ1) is 12.5. The molecule has 0 amide bonds. The maximum atomic E-state index is 13.1. The molecule has 1 unspecified atom stereocenters. The monoisotopic (exact) mass is 226 g/mol. The number of aromatic carboxylic acids is 1. The number of carboxylic acids is 1. The van der Waals surface area contributed by atoms with Crippen LogP contribution in [0.4, 0.5) is 4.39 Å². The van der Waals surface area contributed by atoms with Crippen LogP contribution in [0.5, 0.6) is 5.75 Å². The van der Waals surface area contributed by atoms with Gasteiger partial charge in [0.05, 0.1) is 11.7 Å². The Labute approximate surface area is 93.9 Å². The van der Waals surface area contributed by atoms with Crippen LogP contribution in [-0.4, -0.2) is 17.2 Å². The molecule has 1 aromatic rings. The fourth-order valence-corrected chi connectivity index (χ4v) is 1.45. The second-order valence-corrected chi connectivity index (χ2v) is 3.70. The zero-order valence-corrected chi connectivity index (χ0v) is 9.37. The zero-order chi connectivity index (χ0) is 12.1. The van der Waals surface area contributed by atoms with Crippen molar-refractivity contribution in [2.75, 3.05) is 0 Å². The molecule has 0 saturated carbocycles. The highest BCUT2D eigenvalue weighted by Crippen LogP contribution is 2.18. The highest BCUT2D eigenvalue weighted by atomic mass is 19.1.